The van der Waals surface area contributed by atoms with Crippen molar-refractivity contribution in [2.24, 2.45) is 0 Å². The minimum Gasteiger partial charge on any atom is -0.439 e. The van der Waals surface area contributed by atoms with Crippen molar-refractivity contribution in [3.05, 3.63) is 77.9 Å². The Labute approximate surface area is 169 Å². The first-order valence-corrected chi connectivity index (χ1v) is 10.5. The molecule has 1 aliphatic rings. The fraction of sp³-hybridized carbons (Fsp3) is 0.400. The number of ether oxygens (including phenoxy) is 1. The maximum atomic E-state index is 12.4. The molecule has 0 radical (unpaired) electrons. The Morgan fingerprint density at radius 3 is 2.39 bits per heavy atom. The molecule has 1 amide bonds. The first kappa shape index (κ1) is 20.2. The van der Waals surface area contributed by atoms with Gasteiger partial charge < -0.3 is 4.74 Å². The molecule has 1 aliphatic heterocycles. The number of carbonyl (C=O) groups excluding carboxylic acids is 1. The molecule has 0 spiro atoms. The summed E-state index contributed by atoms with van der Waals surface area (Å²) in [6, 6.07) is 20.4. The van der Waals surface area contributed by atoms with Gasteiger partial charge in [0, 0.05) is 6.54 Å². The average molecular weight is 378 g/mol. The van der Waals surface area contributed by atoms with Gasteiger partial charge in [0.2, 0.25) is 0 Å². The van der Waals surface area contributed by atoms with Crippen LogP contribution in [0.5, 0.6) is 0 Å². The third kappa shape index (κ3) is 5.72. The Kier molecular flexibility index (Phi) is 7.71. The van der Waals surface area contributed by atoms with Crippen LogP contribution in [0.15, 0.2) is 66.7 Å². The number of cyclic esters (lactones) is 1. The van der Waals surface area contributed by atoms with E-state index in [0.717, 1.165) is 23.1 Å². The van der Waals surface area contributed by atoms with Crippen molar-refractivity contribution in [1.29, 1.82) is 0 Å². The van der Waals surface area contributed by atoms with Crippen LogP contribution < -0.4 is 0 Å². The van der Waals surface area contributed by atoms with Crippen molar-refractivity contribution in [3.8, 4) is 0 Å². The Balaban J connectivity index is 1.67. The van der Waals surface area contributed by atoms with E-state index < -0.39 is 0 Å². The predicted molar refractivity (Wildman–Crippen MR) is 115 cm³/mol. The molecule has 3 heteroatoms. The van der Waals surface area contributed by atoms with Crippen LogP contribution in [0.4, 0.5) is 4.79 Å². The first-order chi connectivity index (χ1) is 13.8. The lowest BCUT2D eigenvalue weighted by Gasteiger charge is -2.15. The second-order valence-corrected chi connectivity index (χ2v) is 7.47. The highest BCUT2D eigenvalue weighted by Crippen LogP contribution is 2.28. The van der Waals surface area contributed by atoms with Gasteiger partial charge in [-0.25, -0.2) is 4.79 Å². The van der Waals surface area contributed by atoms with Crippen LogP contribution >= 0.6 is 0 Å². The van der Waals surface area contributed by atoms with Gasteiger partial charge in [0.05, 0.1) is 6.54 Å². The van der Waals surface area contributed by atoms with Crippen molar-refractivity contribution in [1.82, 2.24) is 4.90 Å². The number of hydrogen-bond donors (Lipinski definition) is 0. The second-order valence-electron chi connectivity index (χ2n) is 7.47. The first-order valence-electron chi connectivity index (χ1n) is 10.5. The van der Waals surface area contributed by atoms with Crippen molar-refractivity contribution in [2.75, 3.05) is 6.54 Å². The summed E-state index contributed by atoms with van der Waals surface area (Å²) in [7, 11) is 0. The third-order valence-corrected chi connectivity index (χ3v) is 5.23. The standard InChI is InChI=1S/C25H31NO2/c1-2-3-4-5-6-13-18-23(22-16-11-8-12-17-22)24-20-26(25(27)28-24)19-21-14-9-7-10-15-21/h7-12,14-18,24H,2-6,13,19-20H2,1H3/b23-18-. The Morgan fingerprint density at radius 1 is 1.00 bits per heavy atom. The van der Waals surface area contributed by atoms with E-state index in [-0.39, 0.29) is 12.2 Å². The van der Waals surface area contributed by atoms with Gasteiger partial charge in [-0.05, 0) is 29.5 Å². The Bertz CT molecular complexity index is 755. The van der Waals surface area contributed by atoms with Gasteiger partial charge >= 0.3 is 6.09 Å². The summed E-state index contributed by atoms with van der Waals surface area (Å²) in [4.78, 5) is 14.3. The fourth-order valence-electron chi connectivity index (χ4n) is 3.67. The number of benzene rings is 2. The molecule has 0 aliphatic carbocycles. The summed E-state index contributed by atoms with van der Waals surface area (Å²) in [6.07, 6.45) is 9.21. The van der Waals surface area contributed by atoms with Crippen LogP contribution in [0.2, 0.25) is 0 Å². The van der Waals surface area contributed by atoms with E-state index in [4.69, 9.17) is 4.74 Å². The topological polar surface area (TPSA) is 29.5 Å². The molecule has 1 atom stereocenters. The number of amides is 1. The van der Waals surface area contributed by atoms with E-state index in [1.165, 1.54) is 32.1 Å². The van der Waals surface area contributed by atoms with Gasteiger partial charge in [0.15, 0.2) is 0 Å². The van der Waals surface area contributed by atoms with E-state index in [2.05, 4.69) is 25.1 Å². The molecule has 148 valence electrons. The highest BCUT2D eigenvalue weighted by atomic mass is 16.6. The van der Waals surface area contributed by atoms with Gasteiger partial charge in [-0.1, -0.05) is 99.3 Å². The molecular weight excluding hydrogens is 346 g/mol. The lowest BCUT2D eigenvalue weighted by atomic mass is 9.98. The SMILES string of the molecule is CCCCCCC/C=C(/c1ccccc1)C1CN(Cc2ccccc2)C(=O)O1. The Morgan fingerprint density at radius 2 is 1.68 bits per heavy atom. The molecular formula is C25H31NO2. The van der Waals surface area contributed by atoms with Crippen molar-refractivity contribution < 1.29 is 9.53 Å². The number of nitrogens with zero attached hydrogens (tertiary/aromatic N) is 1. The van der Waals surface area contributed by atoms with Crippen LogP contribution in [0.1, 0.15) is 56.6 Å². The van der Waals surface area contributed by atoms with Crippen LogP contribution in [0, 0.1) is 0 Å². The summed E-state index contributed by atoms with van der Waals surface area (Å²) in [5, 5.41) is 0. The molecule has 0 saturated carbocycles. The zero-order chi connectivity index (χ0) is 19.6. The molecule has 2 aromatic rings. The van der Waals surface area contributed by atoms with Gasteiger partial charge in [-0.3, -0.25) is 4.90 Å². The van der Waals surface area contributed by atoms with Gasteiger partial charge in [-0.2, -0.15) is 0 Å². The number of rotatable bonds is 10. The second kappa shape index (κ2) is 10.7. The largest absolute Gasteiger partial charge is 0.439 e. The van der Waals surface area contributed by atoms with Gasteiger partial charge in [0.25, 0.3) is 0 Å². The zero-order valence-corrected chi connectivity index (χ0v) is 16.8. The Hall–Kier alpha value is -2.55. The summed E-state index contributed by atoms with van der Waals surface area (Å²) < 4.78 is 5.78. The van der Waals surface area contributed by atoms with Crippen LogP contribution in [0.25, 0.3) is 5.57 Å². The fourth-order valence-corrected chi connectivity index (χ4v) is 3.67. The van der Waals surface area contributed by atoms with E-state index in [9.17, 15) is 4.79 Å². The molecule has 1 heterocycles. The van der Waals surface area contributed by atoms with Crippen molar-refractivity contribution in [3.63, 3.8) is 0 Å². The highest BCUT2D eigenvalue weighted by Gasteiger charge is 2.33. The predicted octanol–water partition coefficient (Wildman–Crippen LogP) is 6.45. The number of unbranched alkanes of at least 4 members (excludes halogenated alkanes) is 5. The van der Waals surface area contributed by atoms with E-state index in [0.29, 0.717) is 13.1 Å². The van der Waals surface area contributed by atoms with E-state index >= 15 is 0 Å². The maximum absolute atomic E-state index is 12.4. The van der Waals surface area contributed by atoms with Crippen LogP contribution in [-0.2, 0) is 11.3 Å². The molecule has 1 fully saturated rings. The lowest BCUT2D eigenvalue weighted by molar-refractivity contribution is 0.146. The van der Waals surface area contributed by atoms with Crippen molar-refractivity contribution in [2.45, 2.75) is 58.1 Å². The van der Waals surface area contributed by atoms with E-state index in [1.807, 2.05) is 48.5 Å². The highest BCUT2D eigenvalue weighted by molar-refractivity contribution is 5.77. The minimum atomic E-state index is -0.223. The molecule has 1 saturated heterocycles. The van der Waals surface area contributed by atoms with Crippen LogP contribution in [-0.4, -0.2) is 23.6 Å². The molecule has 1 unspecified atom stereocenters. The number of hydrogen-bond acceptors (Lipinski definition) is 2. The minimum absolute atomic E-state index is 0.200. The number of allylic oxidation sites excluding steroid dienone is 1. The molecule has 0 aromatic heterocycles. The lowest BCUT2D eigenvalue weighted by Crippen LogP contribution is -2.24. The molecule has 2 aromatic carbocycles. The van der Waals surface area contributed by atoms with Gasteiger partial charge in [-0.15, -0.1) is 0 Å². The maximum Gasteiger partial charge on any atom is 0.410 e. The smallest absolute Gasteiger partial charge is 0.410 e. The molecule has 0 bridgehead atoms. The molecule has 28 heavy (non-hydrogen) atoms. The van der Waals surface area contributed by atoms with E-state index in [1.54, 1.807) is 4.90 Å². The van der Waals surface area contributed by atoms with Crippen LogP contribution in [0.3, 0.4) is 0 Å². The normalized spacial score (nSPS) is 17.0. The zero-order valence-electron chi connectivity index (χ0n) is 16.8. The summed E-state index contributed by atoms with van der Waals surface area (Å²) in [5.74, 6) is 0. The molecule has 0 N–H and O–H groups in total. The van der Waals surface area contributed by atoms with Crippen molar-refractivity contribution >= 4 is 11.7 Å². The summed E-state index contributed by atoms with van der Waals surface area (Å²) >= 11 is 0. The average Bonchev–Trinajstić information content (AvgIpc) is 3.09. The third-order valence-electron chi connectivity index (χ3n) is 5.23. The monoisotopic (exact) mass is 377 g/mol. The molecule has 3 rings (SSSR count). The summed E-state index contributed by atoms with van der Waals surface area (Å²) in [5.41, 5.74) is 3.41. The molecule has 3 nitrogen and oxygen atoms in total. The summed E-state index contributed by atoms with van der Waals surface area (Å²) in [6.45, 7) is 3.43. The number of carbonyl (C=O) groups is 1. The van der Waals surface area contributed by atoms with Gasteiger partial charge in [0.1, 0.15) is 6.10 Å². The quantitative estimate of drug-likeness (QED) is 0.445.